The highest BCUT2D eigenvalue weighted by atomic mass is 16.5. The van der Waals surface area contributed by atoms with E-state index in [1.54, 1.807) is 0 Å². The van der Waals surface area contributed by atoms with Gasteiger partial charge in [-0.25, -0.2) is 0 Å². The molecular weight excluding hydrogens is 160 g/mol. The van der Waals surface area contributed by atoms with E-state index in [1.807, 2.05) is 6.26 Å². The molecule has 2 rings (SSSR count). The molecule has 1 aliphatic heterocycles. The summed E-state index contributed by atoms with van der Waals surface area (Å²) in [6.45, 7) is 3.01. The third-order valence-corrected chi connectivity index (χ3v) is 2.45. The fraction of sp³-hybridized carbons (Fsp3) is 0.333. The van der Waals surface area contributed by atoms with Crippen LogP contribution in [0.5, 0.6) is 0 Å². The minimum Gasteiger partial charge on any atom is -0.501 e. The Kier molecular flexibility index (Phi) is 2.35. The van der Waals surface area contributed by atoms with Gasteiger partial charge in [-0.2, -0.15) is 0 Å². The molecule has 0 aliphatic carbocycles. The standard InChI is InChI=1S/C12H14O/c1-2-10-3-5-11(6-4-10)12-7-8-13-9-12/h3-6,9H,2,7-8H2,1H3. The summed E-state index contributed by atoms with van der Waals surface area (Å²) < 4.78 is 5.21. The van der Waals surface area contributed by atoms with Gasteiger partial charge in [0.25, 0.3) is 0 Å². The predicted molar refractivity (Wildman–Crippen MR) is 54.4 cm³/mol. The van der Waals surface area contributed by atoms with Gasteiger partial charge in [0.15, 0.2) is 0 Å². The monoisotopic (exact) mass is 174 g/mol. The molecule has 68 valence electrons. The number of benzene rings is 1. The normalized spacial score (nSPS) is 15.3. The van der Waals surface area contributed by atoms with E-state index < -0.39 is 0 Å². The second-order valence-corrected chi connectivity index (χ2v) is 3.31. The van der Waals surface area contributed by atoms with Crippen molar-refractivity contribution in [2.45, 2.75) is 19.8 Å². The first kappa shape index (κ1) is 8.36. The summed E-state index contributed by atoms with van der Waals surface area (Å²) in [5.41, 5.74) is 4.01. The van der Waals surface area contributed by atoms with Crippen LogP contribution in [0.4, 0.5) is 0 Å². The van der Waals surface area contributed by atoms with Gasteiger partial charge in [0.1, 0.15) is 0 Å². The second kappa shape index (κ2) is 3.65. The van der Waals surface area contributed by atoms with Crippen molar-refractivity contribution in [3.8, 4) is 0 Å². The van der Waals surface area contributed by atoms with Gasteiger partial charge in [-0.05, 0) is 23.1 Å². The third-order valence-electron chi connectivity index (χ3n) is 2.45. The Balaban J connectivity index is 2.22. The van der Waals surface area contributed by atoms with E-state index in [0.29, 0.717) is 0 Å². The Bertz CT molecular complexity index is 308. The van der Waals surface area contributed by atoms with Crippen LogP contribution in [-0.4, -0.2) is 6.61 Å². The van der Waals surface area contributed by atoms with E-state index in [0.717, 1.165) is 19.4 Å². The van der Waals surface area contributed by atoms with Crippen LogP contribution >= 0.6 is 0 Å². The molecule has 1 heterocycles. The average Bonchev–Trinajstić information content (AvgIpc) is 2.71. The van der Waals surface area contributed by atoms with E-state index in [9.17, 15) is 0 Å². The molecular formula is C12H14O. The van der Waals surface area contributed by atoms with Gasteiger partial charge in [-0.15, -0.1) is 0 Å². The zero-order chi connectivity index (χ0) is 9.10. The van der Waals surface area contributed by atoms with Crippen LogP contribution in [0, 0.1) is 0 Å². The van der Waals surface area contributed by atoms with Crippen LogP contribution in [0.15, 0.2) is 30.5 Å². The second-order valence-electron chi connectivity index (χ2n) is 3.31. The molecule has 0 saturated carbocycles. The zero-order valence-corrected chi connectivity index (χ0v) is 7.92. The minimum atomic E-state index is 0.838. The maximum Gasteiger partial charge on any atom is 0.0915 e. The highest BCUT2D eigenvalue weighted by Gasteiger charge is 2.07. The molecule has 0 bridgehead atoms. The number of aryl methyl sites for hydroxylation is 1. The molecule has 0 amide bonds. The van der Waals surface area contributed by atoms with Crippen molar-refractivity contribution in [3.63, 3.8) is 0 Å². The highest BCUT2D eigenvalue weighted by Crippen LogP contribution is 2.23. The molecule has 1 heteroatoms. The number of hydrogen-bond donors (Lipinski definition) is 0. The molecule has 1 aromatic carbocycles. The first-order chi connectivity index (χ1) is 6.40. The fourth-order valence-corrected chi connectivity index (χ4v) is 1.55. The van der Waals surface area contributed by atoms with Crippen LogP contribution in [0.2, 0.25) is 0 Å². The minimum absolute atomic E-state index is 0.838. The molecule has 0 saturated heterocycles. The highest BCUT2D eigenvalue weighted by molar-refractivity contribution is 5.65. The lowest BCUT2D eigenvalue weighted by atomic mass is 10.0. The molecule has 0 atom stereocenters. The first-order valence-electron chi connectivity index (χ1n) is 4.80. The lowest BCUT2D eigenvalue weighted by molar-refractivity contribution is 0.281. The van der Waals surface area contributed by atoms with Gasteiger partial charge < -0.3 is 4.74 Å². The summed E-state index contributed by atoms with van der Waals surface area (Å²) in [6.07, 6.45) is 4.03. The van der Waals surface area contributed by atoms with Gasteiger partial charge >= 0.3 is 0 Å². The summed E-state index contributed by atoms with van der Waals surface area (Å²) >= 11 is 0. The molecule has 0 radical (unpaired) electrons. The lowest BCUT2D eigenvalue weighted by Crippen LogP contribution is -1.84. The van der Waals surface area contributed by atoms with Crippen LogP contribution in [0.3, 0.4) is 0 Å². The van der Waals surface area contributed by atoms with Crippen molar-refractivity contribution >= 4 is 5.57 Å². The number of rotatable bonds is 2. The summed E-state index contributed by atoms with van der Waals surface area (Å²) in [5.74, 6) is 0. The largest absolute Gasteiger partial charge is 0.501 e. The third kappa shape index (κ3) is 1.74. The molecule has 1 nitrogen and oxygen atoms in total. The smallest absolute Gasteiger partial charge is 0.0915 e. The van der Waals surface area contributed by atoms with Crippen molar-refractivity contribution in [3.05, 3.63) is 41.7 Å². The van der Waals surface area contributed by atoms with E-state index in [4.69, 9.17) is 4.74 Å². The zero-order valence-electron chi connectivity index (χ0n) is 7.92. The van der Waals surface area contributed by atoms with E-state index in [-0.39, 0.29) is 0 Å². The van der Waals surface area contributed by atoms with Crippen molar-refractivity contribution in [2.24, 2.45) is 0 Å². The SMILES string of the molecule is CCc1ccc(C2=COCC2)cc1. The average molecular weight is 174 g/mol. The molecule has 0 N–H and O–H groups in total. The van der Waals surface area contributed by atoms with Crippen LogP contribution in [0.25, 0.3) is 5.57 Å². The van der Waals surface area contributed by atoms with Crippen LogP contribution in [-0.2, 0) is 11.2 Å². The summed E-state index contributed by atoms with van der Waals surface area (Å²) in [6, 6.07) is 8.74. The first-order valence-corrected chi connectivity index (χ1v) is 4.80. The molecule has 0 unspecified atom stereocenters. The maximum absolute atomic E-state index is 5.21. The van der Waals surface area contributed by atoms with Gasteiger partial charge in [-0.3, -0.25) is 0 Å². The predicted octanol–water partition coefficient (Wildman–Crippen LogP) is 3.01. The van der Waals surface area contributed by atoms with Crippen LogP contribution < -0.4 is 0 Å². The Labute approximate surface area is 79.0 Å². The van der Waals surface area contributed by atoms with Gasteiger partial charge in [-0.1, -0.05) is 31.2 Å². The van der Waals surface area contributed by atoms with Gasteiger partial charge in [0.05, 0.1) is 12.9 Å². The fourth-order valence-electron chi connectivity index (χ4n) is 1.55. The summed E-state index contributed by atoms with van der Waals surface area (Å²) in [7, 11) is 0. The Morgan fingerprint density at radius 2 is 2.00 bits per heavy atom. The Morgan fingerprint density at radius 1 is 1.23 bits per heavy atom. The van der Waals surface area contributed by atoms with Crippen molar-refractivity contribution < 1.29 is 4.74 Å². The van der Waals surface area contributed by atoms with Crippen molar-refractivity contribution in [1.29, 1.82) is 0 Å². The van der Waals surface area contributed by atoms with E-state index >= 15 is 0 Å². The molecule has 1 aliphatic rings. The number of hydrogen-bond acceptors (Lipinski definition) is 1. The quantitative estimate of drug-likeness (QED) is 0.669. The molecule has 1 aromatic rings. The van der Waals surface area contributed by atoms with Gasteiger partial charge in [0, 0.05) is 6.42 Å². The number of ether oxygens (including phenoxy) is 1. The van der Waals surface area contributed by atoms with Crippen LogP contribution in [0.1, 0.15) is 24.5 Å². The maximum atomic E-state index is 5.21. The molecule has 0 aromatic heterocycles. The van der Waals surface area contributed by atoms with E-state index in [2.05, 4.69) is 31.2 Å². The summed E-state index contributed by atoms with van der Waals surface area (Å²) in [4.78, 5) is 0. The van der Waals surface area contributed by atoms with Crippen molar-refractivity contribution in [2.75, 3.05) is 6.61 Å². The van der Waals surface area contributed by atoms with Gasteiger partial charge in [0.2, 0.25) is 0 Å². The van der Waals surface area contributed by atoms with Crippen molar-refractivity contribution in [1.82, 2.24) is 0 Å². The topological polar surface area (TPSA) is 9.23 Å². The molecule has 0 fully saturated rings. The molecule has 0 spiro atoms. The lowest BCUT2D eigenvalue weighted by Gasteiger charge is -2.01. The summed E-state index contributed by atoms with van der Waals surface area (Å²) in [5, 5.41) is 0. The van der Waals surface area contributed by atoms with E-state index in [1.165, 1.54) is 16.7 Å². The Morgan fingerprint density at radius 3 is 2.54 bits per heavy atom. The Hall–Kier alpha value is -1.24. The molecule has 13 heavy (non-hydrogen) atoms.